The number of oxime groups is 1. The number of nitro groups is 1. The Kier molecular flexibility index (Phi) is 17.0. The summed E-state index contributed by atoms with van der Waals surface area (Å²) in [7, 11) is 0. The van der Waals surface area contributed by atoms with Crippen LogP contribution in [0.2, 0.25) is 0 Å². The molecule has 3 N–H and O–H groups in total. The lowest BCUT2D eigenvalue weighted by Gasteiger charge is -2.59. The predicted molar refractivity (Wildman–Crippen MR) is 251 cm³/mol. The van der Waals surface area contributed by atoms with Crippen LogP contribution in [0.5, 0.6) is 11.5 Å². The predicted octanol–water partition coefficient (Wildman–Crippen LogP) is 9.52. The Balaban J connectivity index is 1.40. The summed E-state index contributed by atoms with van der Waals surface area (Å²) in [4.78, 5) is 46.4. The third-order valence-electron chi connectivity index (χ3n) is 12.8. The van der Waals surface area contributed by atoms with Crippen molar-refractivity contribution in [2.24, 2.45) is 22.9 Å². The Bertz CT molecular complexity index is 2420. The summed E-state index contributed by atoms with van der Waals surface area (Å²) < 4.78 is 40.3. The number of non-ortho nitro benzene ring substituents is 1. The van der Waals surface area contributed by atoms with Gasteiger partial charge in [0.1, 0.15) is 30.0 Å². The van der Waals surface area contributed by atoms with Crippen molar-refractivity contribution < 1.29 is 52.9 Å². The van der Waals surface area contributed by atoms with Crippen LogP contribution in [-0.2, 0) is 34.0 Å². The van der Waals surface area contributed by atoms with Gasteiger partial charge >= 0.3 is 12.2 Å². The number of carbonyl (C=O) groups excluding carboxylic acids is 2. The second kappa shape index (κ2) is 23.4. The number of aliphatic hydroxyl groups excluding tert-OH is 2. The fourth-order valence-electron chi connectivity index (χ4n) is 9.82. The number of aliphatic hydroxyl groups is 2. The number of benzene rings is 4. The first-order valence-electron chi connectivity index (χ1n) is 23.2. The number of nitro benzene ring substituents is 1. The van der Waals surface area contributed by atoms with E-state index in [0.29, 0.717) is 61.1 Å². The average Bonchev–Trinajstić information content (AvgIpc) is 3.34. The number of carbonyl (C=O) groups is 2. The van der Waals surface area contributed by atoms with Gasteiger partial charge in [0.05, 0.1) is 29.8 Å². The van der Waals surface area contributed by atoms with Crippen molar-refractivity contribution in [2.45, 2.75) is 89.3 Å². The first-order valence-corrected chi connectivity index (χ1v) is 23.2. The Morgan fingerprint density at radius 2 is 1.69 bits per heavy atom. The van der Waals surface area contributed by atoms with Crippen molar-refractivity contribution in [3.63, 3.8) is 0 Å². The van der Waals surface area contributed by atoms with Gasteiger partial charge in [-0.15, -0.1) is 6.58 Å². The molecule has 1 fully saturated rings. The van der Waals surface area contributed by atoms with Crippen LogP contribution in [0.15, 0.2) is 127 Å². The number of halogens is 1. The number of ether oxygens (including phenoxy) is 4. The molecular formula is C52H59FN4O11. The first kappa shape index (κ1) is 49.3. The highest BCUT2D eigenvalue weighted by atomic mass is 19.1. The van der Waals surface area contributed by atoms with Crippen molar-refractivity contribution in [1.82, 2.24) is 10.2 Å². The molecular weight excluding hydrogens is 876 g/mol. The summed E-state index contributed by atoms with van der Waals surface area (Å²) in [6.45, 7) is 5.97. The van der Waals surface area contributed by atoms with Gasteiger partial charge < -0.3 is 39.3 Å². The zero-order valence-electron chi connectivity index (χ0n) is 38.2. The van der Waals surface area contributed by atoms with E-state index in [4.69, 9.17) is 28.9 Å². The molecule has 0 radical (unpaired) electrons. The minimum atomic E-state index is -1.64. The first-order chi connectivity index (χ1) is 33.1. The zero-order valence-corrected chi connectivity index (χ0v) is 38.2. The summed E-state index contributed by atoms with van der Waals surface area (Å²) in [5.41, 5.74) is 4.08. The lowest BCUT2D eigenvalue weighted by Crippen LogP contribution is -2.70. The van der Waals surface area contributed by atoms with Gasteiger partial charge in [0.15, 0.2) is 0 Å². The van der Waals surface area contributed by atoms with Crippen LogP contribution >= 0.6 is 0 Å². The van der Waals surface area contributed by atoms with Gasteiger partial charge in [-0.3, -0.25) is 15.0 Å². The standard InChI is InChI=1S/C52H59FN4O11/c1-3-28-65-52-47(56(51(61)64-4-2)33-36-16-20-39(53)21-17-36)31-45(55-66-34-37-18-22-40(23-19-37)57(62)63)43-29-38(14-8-10-26-58)42(15-9-11-27-59)48(49(43)52)44-30-41(24-25-46(44)68-52)67-50(60)54-32-35-12-6-5-7-13-35/h3,5-7,12-13,16-25,29-30,38,42,47-49,58-59H,1,4,8-11,14-15,26-28,31-34H2,2H3,(H,54,60). The SMILES string of the molecule is C=CCOC12Oc3ccc(OC(=O)NCc4ccccc4)cc3C3C(CCCCO)C(CCCCO)C=C(C(=NOCc4ccc([N+](=O)[O-])cc4)CC1N(Cc1ccc(F)cc1)C(=O)OCC)C32. The number of amides is 2. The van der Waals surface area contributed by atoms with E-state index in [9.17, 15) is 34.3 Å². The Labute approximate surface area is 395 Å². The number of fused-ring (bicyclic) bond motifs is 2. The van der Waals surface area contributed by atoms with E-state index < -0.39 is 46.6 Å². The van der Waals surface area contributed by atoms with Crippen molar-refractivity contribution in [2.75, 3.05) is 26.4 Å². The van der Waals surface area contributed by atoms with Crippen LogP contribution < -0.4 is 14.8 Å². The molecule has 68 heavy (non-hydrogen) atoms. The number of nitrogens with zero attached hydrogens (tertiary/aromatic N) is 3. The molecule has 7 rings (SSSR count). The maximum atomic E-state index is 14.5. The maximum Gasteiger partial charge on any atom is 0.412 e. The molecule has 6 atom stereocenters. The normalized spacial score (nSPS) is 21.9. The number of hydrogen-bond donors (Lipinski definition) is 3. The van der Waals surface area contributed by atoms with E-state index in [1.165, 1.54) is 29.2 Å². The fraction of sp³-hybridized carbons (Fsp3) is 0.404. The molecule has 16 heteroatoms. The molecule has 0 aromatic heterocycles. The molecule has 4 aromatic rings. The number of hydrogen-bond acceptors (Lipinski definition) is 12. The van der Waals surface area contributed by atoms with Gasteiger partial charge in [-0.05, 0) is 109 Å². The lowest BCUT2D eigenvalue weighted by molar-refractivity contribution is -0.384. The molecule has 360 valence electrons. The van der Waals surface area contributed by atoms with Crippen molar-refractivity contribution in [3.05, 3.63) is 160 Å². The number of rotatable bonds is 22. The zero-order chi connectivity index (χ0) is 48.0. The van der Waals surface area contributed by atoms with Crippen molar-refractivity contribution >= 4 is 23.6 Å². The third-order valence-corrected chi connectivity index (χ3v) is 12.8. The van der Waals surface area contributed by atoms with Crippen molar-refractivity contribution in [3.8, 4) is 11.5 Å². The van der Waals surface area contributed by atoms with Crippen LogP contribution in [0.1, 0.15) is 80.0 Å². The second-order valence-corrected chi connectivity index (χ2v) is 17.2. The van der Waals surface area contributed by atoms with E-state index in [1.807, 2.05) is 36.4 Å². The molecule has 1 saturated carbocycles. The fourth-order valence-corrected chi connectivity index (χ4v) is 9.82. The van der Waals surface area contributed by atoms with Gasteiger partial charge in [0.2, 0.25) is 5.79 Å². The highest BCUT2D eigenvalue weighted by molar-refractivity contribution is 6.03. The minimum absolute atomic E-state index is 0.00209. The molecule has 3 aliphatic rings. The van der Waals surface area contributed by atoms with E-state index in [2.05, 4.69) is 18.0 Å². The largest absolute Gasteiger partial charge is 0.459 e. The van der Waals surface area contributed by atoms with Crippen molar-refractivity contribution in [1.29, 1.82) is 0 Å². The van der Waals surface area contributed by atoms with E-state index in [-0.39, 0.29) is 75.8 Å². The summed E-state index contributed by atoms with van der Waals surface area (Å²) in [6.07, 6.45) is 6.43. The van der Waals surface area contributed by atoms with Crippen LogP contribution in [0.25, 0.3) is 0 Å². The molecule has 1 heterocycles. The lowest BCUT2D eigenvalue weighted by atomic mass is 9.55. The third kappa shape index (κ3) is 11.5. The maximum absolute atomic E-state index is 14.5. The summed E-state index contributed by atoms with van der Waals surface area (Å²) in [5, 5.41) is 39.0. The van der Waals surface area contributed by atoms with Gasteiger partial charge in [-0.2, -0.15) is 0 Å². The molecule has 6 unspecified atom stereocenters. The molecule has 0 bridgehead atoms. The van der Waals surface area contributed by atoms with Gasteiger partial charge in [0, 0.05) is 56.3 Å². The second-order valence-electron chi connectivity index (χ2n) is 17.2. The number of allylic oxidation sites excluding steroid dienone is 1. The molecule has 1 aliphatic heterocycles. The highest BCUT2D eigenvalue weighted by Gasteiger charge is 2.65. The topological polar surface area (TPSA) is 192 Å². The van der Waals surface area contributed by atoms with Gasteiger partial charge in [-0.25, -0.2) is 14.0 Å². The monoisotopic (exact) mass is 934 g/mol. The Hall–Kier alpha value is -6.62. The smallest absolute Gasteiger partial charge is 0.412 e. The molecule has 4 aromatic carbocycles. The van der Waals surface area contributed by atoms with E-state index in [1.54, 1.807) is 49.4 Å². The number of nitrogens with one attached hydrogen (secondary N) is 1. The summed E-state index contributed by atoms with van der Waals surface area (Å²) in [6, 6.07) is 25.5. The number of unbranched alkanes of at least 4 members (excludes halogenated alkanes) is 2. The highest BCUT2D eigenvalue weighted by Crippen LogP contribution is 2.62. The molecule has 2 aliphatic carbocycles. The van der Waals surface area contributed by atoms with Crippen LogP contribution in [-0.4, -0.2) is 76.2 Å². The quantitative estimate of drug-likeness (QED) is 0.0294. The van der Waals surface area contributed by atoms with Crippen LogP contribution in [0.4, 0.5) is 19.7 Å². The molecule has 0 spiro atoms. The summed E-state index contributed by atoms with van der Waals surface area (Å²) in [5.74, 6) is -2.70. The van der Waals surface area contributed by atoms with Gasteiger partial charge in [0.25, 0.3) is 5.69 Å². The average molecular weight is 935 g/mol. The Morgan fingerprint density at radius 1 is 0.971 bits per heavy atom. The molecule has 0 saturated heterocycles. The van der Waals surface area contributed by atoms with Crippen LogP contribution in [0, 0.1) is 33.7 Å². The van der Waals surface area contributed by atoms with E-state index in [0.717, 1.165) is 16.7 Å². The Morgan fingerprint density at radius 3 is 2.38 bits per heavy atom. The molecule has 15 nitrogen and oxygen atoms in total. The minimum Gasteiger partial charge on any atom is -0.459 e. The van der Waals surface area contributed by atoms with Gasteiger partial charge in [-0.1, -0.05) is 72.6 Å². The van der Waals surface area contributed by atoms with E-state index >= 15 is 0 Å². The van der Waals surface area contributed by atoms with Crippen LogP contribution in [0.3, 0.4) is 0 Å². The molecule has 2 amide bonds. The summed E-state index contributed by atoms with van der Waals surface area (Å²) >= 11 is 0.